The average molecular weight is 330 g/mol. The molecular formula is C16H22N6O2. The second kappa shape index (κ2) is 6.46. The first-order chi connectivity index (χ1) is 11.5. The van der Waals surface area contributed by atoms with Gasteiger partial charge in [0, 0.05) is 13.6 Å². The van der Waals surface area contributed by atoms with Gasteiger partial charge in [0.15, 0.2) is 12.4 Å². The molecule has 1 atom stereocenters. The normalized spacial score (nSPS) is 17.3. The van der Waals surface area contributed by atoms with Gasteiger partial charge in [-0.05, 0) is 38.8 Å². The van der Waals surface area contributed by atoms with E-state index in [1.54, 1.807) is 15.6 Å². The van der Waals surface area contributed by atoms with Crippen molar-refractivity contribution in [3.63, 3.8) is 0 Å². The Morgan fingerprint density at radius 1 is 1.38 bits per heavy atom. The van der Waals surface area contributed by atoms with Crippen molar-refractivity contribution in [3.8, 4) is 5.75 Å². The molecule has 24 heavy (non-hydrogen) atoms. The fourth-order valence-electron chi connectivity index (χ4n) is 3.08. The number of nitrogen functional groups attached to an aromatic ring is 1. The van der Waals surface area contributed by atoms with E-state index in [0.717, 1.165) is 29.9 Å². The van der Waals surface area contributed by atoms with E-state index in [2.05, 4.69) is 15.3 Å². The smallest absolute Gasteiger partial charge is 0.261 e. The molecule has 8 heteroatoms. The summed E-state index contributed by atoms with van der Waals surface area (Å²) in [4.78, 5) is 14.4. The molecule has 8 nitrogen and oxygen atoms in total. The molecule has 1 aliphatic heterocycles. The van der Waals surface area contributed by atoms with E-state index in [0.29, 0.717) is 18.1 Å². The average Bonchev–Trinajstić information content (AvgIpc) is 3.13. The Hall–Kier alpha value is -2.64. The zero-order valence-electron chi connectivity index (χ0n) is 14.2. The van der Waals surface area contributed by atoms with Crippen molar-refractivity contribution in [2.24, 2.45) is 7.05 Å². The van der Waals surface area contributed by atoms with Crippen LogP contribution in [0, 0.1) is 13.8 Å². The Bertz CT molecular complexity index is 740. The van der Waals surface area contributed by atoms with Gasteiger partial charge in [0.05, 0.1) is 17.4 Å². The number of aryl methyl sites for hydroxylation is 2. The van der Waals surface area contributed by atoms with E-state index in [-0.39, 0.29) is 18.6 Å². The first kappa shape index (κ1) is 16.2. The summed E-state index contributed by atoms with van der Waals surface area (Å²) in [7, 11) is 1.85. The van der Waals surface area contributed by atoms with Crippen molar-refractivity contribution < 1.29 is 9.53 Å². The van der Waals surface area contributed by atoms with Crippen LogP contribution in [0.3, 0.4) is 0 Å². The van der Waals surface area contributed by atoms with Gasteiger partial charge in [-0.25, -0.2) is 0 Å². The van der Waals surface area contributed by atoms with Crippen LogP contribution in [0.15, 0.2) is 12.1 Å². The van der Waals surface area contributed by atoms with Gasteiger partial charge in [-0.3, -0.25) is 9.48 Å². The molecule has 3 rings (SSSR count). The van der Waals surface area contributed by atoms with Crippen molar-refractivity contribution in [1.29, 1.82) is 0 Å². The van der Waals surface area contributed by atoms with Crippen LogP contribution in [-0.4, -0.2) is 43.9 Å². The molecule has 0 saturated carbocycles. The molecule has 2 aromatic rings. The van der Waals surface area contributed by atoms with Crippen molar-refractivity contribution in [2.45, 2.75) is 32.7 Å². The van der Waals surface area contributed by atoms with Crippen molar-refractivity contribution in [3.05, 3.63) is 29.2 Å². The Labute approximate surface area is 140 Å². The third kappa shape index (κ3) is 3.04. The monoisotopic (exact) mass is 330 g/mol. The molecule has 3 heterocycles. The maximum atomic E-state index is 12.6. The maximum Gasteiger partial charge on any atom is 0.261 e. The van der Waals surface area contributed by atoms with Crippen LogP contribution in [0.2, 0.25) is 0 Å². The topological polar surface area (TPSA) is 99.2 Å². The first-order valence-corrected chi connectivity index (χ1v) is 7.99. The number of rotatable bonds is 4. The summed E-state index contributed by atoms with van der Waals surface area (Å²) in [6.45, 7) is 4.48. The minimum Gasteiger partial charge on any atom is -0.480 e. The lowest BCUT2D eigenvalue weighted by Gasteiger charge is -2.24. The SMILES string of the molecule is Cc1nn(C)c(C)c1OCC(=O)N1CCCC1c1ccc(N)nn1. The predicted octanol–water partition coefficient (Wildman–Crippen LogP) is 1.15. The fourth-order valence-corrected chi connectivity index (χ4v) is 3.08. The molecule has 128 valence electrons. The van der Waals surface area contributed by atoms with E-state index >= 15 is 0 Å². The lowest BCUT2D eigenvalue weighted by Crippen LogP contribution is -2.35. The Morgan fingerprint density at radius 3 is 2.79 bits per heavy atom. The fraction of sp³-hybridized carbons (Fsp3) is 0.500. The standard InChI is InChI=1S/C16H22N6O2/c1-10-16(11(2)21(3)20-10)24-9-15(23)22-8-4-5-13(22)12-6-7-14(17)19-18-12/h6-7,13H,4-5,8-9H2,1-3H3,(H2,17,19). The van der Waals surface area contributed by atoms with Gasteiger partial charge in [-0.1, -0.05) is 0 Å². The molecule has 0 aromatic carbocycles. The second-order valence-corrected chi connectivity index (χ2v) is 6.04. The summed E-state index contributed by atoms with van der Waals surface area (Å²) in [6, 6.07) is 3.47. The molecule has 0 bridgehead atoms. The Kier molecular flexibility index (Phi) is 4.37. The number of carbonyl (C=O) groups excluding carboxylic acids is 1. The van der Waals surface area contributed by atoms with Crippen LogP contribution in [0.25, 0.3) is 0 Å². The quantitative estimate of drug-likeness (QED) is 0.903. The lowest BCUT2D eigenvalue weighted by atomic mass is 10.1. The van der Waals surface area contributed by atoms with Crippen molar-refractivity contribution in [2.75, 3.05) is 18.9 Å². The number of likely N-dealkylation sites (tertiary alicyclic amines) is 1. The largest absolute Gasteiger partial charge is 0.480 e. The molecule has 1 amide bonds. The lowest BCUT2D eigenvalue weighted by molar-refractivity contribution is -0.134. The zero-order valence-corrected chi connectivity index (χ0v) is 14.2. The van der Waals surface area contributed by atoms with E-state index in [9.17, 15) is 4.79 Å². The number of anilines is 1. The molecule has 1 aliphatic rings. The minimum absolute atomic E-state index is 0.00766. The van der Waals surface area contributed by atoms with Crippen molar-refractivity contribution in [1.82, 2.24) is 24.9 Å². The van der Waals surface area contributed by atoms with Gasteiger partial charge in [-0.2, -0.15) is 10.2 Å². The molecular weight excluding hydrogens is 308 g/mol. The molecule has 2 aromatic heterocycles. The van der Waals surface area contributed by atoms with E-state index < -0.39 is 0 Å². The summed E-state index contributed by atoms with van der Waals surface area (Å²) in [5.74, 6) is 0.994. The summed E-state index contributed by atoms with van der Waals surface area (Å²) < 4.78 is 7.48. The van der Waals surface area contributed by atoms with Crippen molar-refractivity contribution >= 4 is 11.7 Å². The molecule has 1 saturated heterocycles. The number of aromatic nitrogens is 4. The molecule has 0 radical (unpaired) electrons. The van der Waals surface area contributed by atoms with Gasteiger partial charge < -0.3 is 15.4 Å². The highest BCUT2D eigenvalue weighted by Crippen LogP contribution is 2.31. The van der Waals surface area contributed by atoms with E-state index in [1.807, 2.05) is 27.0 Å². The van der Waals surface area contributed by atoms with Gasteiger partial charge >= 0.3 is 0 Å². The number of hydrogen-bond donors (Lipinski definition) is 1. The number of hydrogen-bond acceptors (Lipinski definition) is 6. The van der Waals surface area contributed by atoms with Gasteiger partial charge in [0.1, 0.15) is 11.5 Å². The minimum atomic E-state index is -0.0645. The summed E-state index contributed by atoms with van der Waals surface area (Å²) in [6.07, 6.45) is 1.81. The number of nitrogens with two attached hydrogens (primary N) is 1. The number of carbonyl (C=O) groups is 1. The summed E-state index contributed by atoms with van der Waals surface area (Å²) >= 11 is 0. The van der Waals surface area contributed by atoms with Crippen LogP contribution in [0.5, 0.6) is 5.75 Å². The second-order valence-electron chi connectivity index (χ2n) is 6.04. The zero-order chi connectivity index (χ0) is 17.3. The Morgan fingerprint density at radius 2 is 2.17 bits per heavy atom. The van der Waals surface area contributed by atoms with Crippen LogP contribution in [0.1, 0.15) is 36.0 Å². The highest BCUT2D eigenvalue weighted by atomic mass is 16.5. The maximum absolute atomic E-state index is 12.6. The Balaban J connectivity index is 1.68. The molecule has 1 fully saturated rings. The number of ether oxygens (including phenoxy) is 1. The van der Waals surface area contributed by atoms with Crippen LogP contribution in [-0.2, 0) is 11.8 Å². The third-order valence-electron chi connectivity index (χ3n) is 4.40. The molecule has 0 aliphatic carbocycles. The van der Waals surface area contributed by atoms with Gasteiger partial charge in [-0.15, -0.1) is 5.10 Å². The van der Waals surface area contributed by atoms with Gasteiger partial charge in [0.25, 0.3) is 5.91 Å². The van der Waals surface area contributed by atoms with E-state index in [1.165, 1.54) is 0 Å². The predicted molar refractivity (Wildman–Crippen MR) is 88.3 cm³/mol. The van der Waals surface area contributed by atoms with Crippen LogP contribution >= 0.6 is 0 Å². The van der Waals surface area contributed by atoms with Crippen LogP contribution in [0.4, 0.5) is 5.82 Å². The number of nitrogens with zero attached hydrogens (tertiary/aromatic N) is 5. The highest BCUT2D eigenvalue weighted by Gasteiger charge is 2.31. The highest BCUT2D eigenvalue weighted by molar-refractivity contribution is 5.78. The summed E-state index contributed by atoms with van der Waals surface area (Å²) in [5, 5.41) is 12.3. The summed E-state index contributed by atoms with van der Waals surface area (Å²) in [5.41, 5.74) is 8.04. The molecule has 1 unspecified atom stereocenters. The third-order valence-corrected chi connectivity index (χ3v) is 4.40. The molecule has 2 N–H and O–H groups in total. The van der Waals surface area contributed by atoms with Crippen LogP contribution < -0.4 is 10.5 Å². The number of amides is 1. The van der Waals surface area contributed by atoms with E-state index in [4.69, 9.17) is 10.5 Å². The van der Waals surface area contributed by atoms with Gasteiger partial charge in [0.2, 0.25) is 0 Å². The first-order valence-electron chi connectivity index (χ1n) is 7.99. The molecule has 0 spiro atoms.